The Balaban J connectivity index is 0.000000271. The van der Waals surface area contributed by atoms with Gasteiger partial charge >= 0.3 is 5.97 Å². The minimum Gasteiger partial charge on any atom is -0.481 e. The fraction of sp³-hybridized carbons (Fsp3) is 0.130. The van der Waals surface area contributed by atoms with E-state index >= 15 is 0 Å². The van der Waals surface area contributed by atoms with Crippen LogP contribution in [-0.4, -0.2) is 11.1 Å². The van der Waals surface area contributed by atoms with Gasteiger partial charge < -0.3 is 5.11 Å². The number of alkyl halides is 1. The number of carboxylic acid groups (broad SMARTS) is 1. The second-order valence-electron chi connectivity index (χ2n) is 6.58. The number of benzene rings is 3. The van der Waals surface area contributed by atoms with Crippen molar-refractivity contribution in [3.05, 3.63) is 96.6 Å². The summed E-state index contributed by atoms with van der Waals surface area (Å²) in [5.41, 5.74) is 2.06. The van der Waals surface area contributed by atoms with Gasteiger partial charge in [0.25, 0.3) is 0 Å². The summed E-state index contributed by atoms with van der Waals surface area (Å²) < 4.78 is 2.45. The Labute approximate surface area is 272 Å². The van der Waals surface area contributed by atoms with E-state index in [0.717, 1.165) is 19.0 Å². The lowest BCUT2D eigenvalue weighted by Crippen LogP contribution is -2.01. The number of carboxylic acids is 1. The third kappa shape index (κ3) is 11.6. The zero-order chi connectivity index (χ0) is 27.6. The number of rotatable bonds is 4. The van der Waals surface area contributed by atoms with Crippen LogP contribution in [0.4, 0.5) is 0 Å². The standard InChI is InChI=1S/C8H4BrCl2N.C8H5BrCl2O2.C7H4Br2Cl2/c9-5-3-7(10)6(1-2-12)8(11)4-5;9-4-1-6(10)5(3-8(12)13)7(11)2-4;8-3-5-6(10)1-4(9)2-7(5)11/h3-4H,1H2;1-2H,3H2,(H,12,13);1-2H,3H2. The molecule has 13 heteroatoms. The Morgan fingerprint density at radius 2 is 1.00 bits per heavy atom. The van der Waals surface area contributed by atoms with Crippen LogP contribution in [0.15, 0.2) is 49.8 Å². The van der Waals surface area contributed by atoms with Gasteiger partial charge in [-0.2, -0.15) is 5.26 Å². The molecular formula is C23H13Br4Cl6NO2. The van der Waals surface area contributed by atoms with E-state index < -0.39 is 5.97 Å². The molecule has 36 heavy (non-hydrogen) atoms. The van der Waals surface area contributed by atoms with Crippen LogP contribution in [0.1, 0.15) is 16.7 Å². The maximum Gasteiger partial charge on any atom is 0.307 e. The molecule has 0 unspecified atom stereocenters. The van der Waals surface area contributed by atoms with Crippen molar-refractivity contribution in [3.63, 3.8) is 0 Å². The van der Waals surface area contributed by atoms with Crippen LogP contribution in [0, 0.1) is 11.3 Å². The Morgan fingerprint density at radius 1 is 0.694 bits per heavy atom. The quantitative estimate of drug-likeness (QED) is 0.266. The highest BCUT2D eigenvalue weighted by atomic mass is 79.9. The van der Waals surface area contributed by atoms with E-state index in [1.165, 1.54) is 0 Å². The van der Waals surface area contributed by atoms with E-state index in [9.17, 15) is 4.79 Å². The summed E-state index contributed by atoms with van der Waals surface area (Å²) in [6.07, 6.45) is 0.0793. The molecule has 0 atom stereocenters. The summed E-state index contributed by atoms with van der Waals surface area (Å²) in [4.78, 5) is 10.4. The van der Waals surface area contributed by atoms with Gasteiger partial charge in [0.2, 0.25) is 0 Å². The Morgan fingerprint density at radius 3 is 1.28 bits per heavy atom. The lowest BCUT2D eigenvalue weighted by molar-refractivity contribution is -0.136. The zero-order valence-corrected chi connectivity index (χ0v) is 28.5. The first kappa shape index (κ1) is 34.3. The molecule has 0 bridgehead atoms. The molecule has 0 spiro atoms. The molecule has 192 valence electrons. The molecule has 0 radical (unpaired) electrons. The molecule has 0 fully saturated rings. The number of halogens is 10. The van der Waals surface area contributed by atoms with E-state index in [1.807, 2.05) is 18.2 Å². The van der Waals surface area contributed by atoms with E-state index in [2.05, 4.69) is 63.7 Å². The SMILES string of the molecule is Clc1cc(Br)cc(Cl)c1CBr.N#CCc1c(Cl)cc(Br)cc1Cl.O=C(O)Cc1c(Cl)cc(Br)cc1Cl. The molecule has 0 saturated heterocycles. The summed E-state index contributed by atoms with van der Waals surface area (Å²) in [5.74, 6) is -0.953. The van der Waals surface area contributed by atoms with Crippen LogP contribution in [0.2, 0.25) is 30.1 Å². The first-order valence-electron chi connectivity index (χ1n) is 9.35. The van der Waals surface area contributed by atoms with Gasteiger partial charge in [-0.3, -0.25) is 4.79 Å². The van der Waals surface area contributed by atoms with Gasteiger partial charge in [0, 0.05) is 60.0 Å². The second-order valence-corrected chi connectivity index (χ2v) is 12.3. The number of hydrogen-bond acceptors (Lipinski definition) is 2. The molecule has 3 nitrogen and oxygen atoms in total. The average Bonchev–Trinajstić information content (AvgIpc) is 2.74. The lowest BCUT2D eigenvalue weighted by atomic mass is 10.1. The zero-order valence-electron chi connectivity index (χ0n) is 17.7. The van der Waals surface area contributed by atoms with E-state index in [-0.39, 0.29) is 12.8 Å². The monoisotopic (exact) mass is 861 g/mol. The minimum absolute atomic E-state index is 0.162. The number of nitrogens with zero attached hydrogens (tertiary/aromatic N) is 1. The minimum atomic E-state index is -0.953. The molecule has 1 N–H and O–H groups in total. The molecule has 0 saturated carbocycles. The number of hydrogen-bond donors (Lipinski definition) is 1. The molecule has 3 rings (SSSR count). The summed E-state index contributed by atoms with van der Waals surface area (Å²) in [6.45, 7) is 0. The van der Waals surface area contributed by atoms with Crippen LogP contribution >= 0.6 is 133 Å². The van der Waals surface area contributed by atoms with E-state index in [1.54, 1.807) is 24.3 Å². The summed E-state index contributed by atoms with van der Waals surface area (Å²) >= 11 is 48.1. The number of nitriles is 1. The Kier molecular flexibility index (Phi) is 16.3. The topological polar surface area (TPSA) is 61.1 Å². The van der Waals surface area contributed by atoms with Crippen molar-refractivity contribution in [2.75, 3.05) is 0 Å². The highest BCUT2D eigenvalue weighted by Crippen LogP contribution is 2.31. The van der Waals surface area contributed by atoms with Crippen LogP contribution in [0.3, 0.4) is 0 Å². The predicted molar refractivity (Wildman–Crippen MR) is 166 cm³/mol. The lowest BCUT2D eigenvalue weighted by Gasteiger charge is -2.04. The highest BCUT2D eigenvalue weighted by Gasteiger charge is 2.11. The van der Waals surface area contributed by atoms with Crippen LogP contribution < -0.4 is 0 Å². The first-order valence-corrected chi connectivity index (χ1v) is 15.1. The fourth-order valence-corrected chi connectivity index (χ4v) is 7.37. The van der Waals surface area contributed by atoms with Crippen LogP contribution in [0.5, 0.6) is 0 Å². The van der Waals surface area contributed by atoms with Gasteiger partial charge in [-0.1, -0.05) is 133 Å². The average molecular weight is 868 g/mol. The van der Waals surface area contributed by atoms with Gasteiger partial charge in [-0.25, -0.2) is 0 Å². The molecular weight excluding hydrogens is 855 g/mol. The van der Waals surface area contributed by atoms with Gasteiger partial charge in [-0.05, 0) is 42.0 Å². The van der Waals surface area contributed by atoms with Gasteiger partial charge in [0.15, 0.2) is 0 Å². The van der Waals surface area contributed by atoms with Crippen molar-refractivity contribution < 1.29 is 9.90 Å². The first-order chi connectivity index (χ1) is 16.8. The maximum absolute atomic E-state index is 10.4. The van der Waals surface area contributed by atoms with Crippen molar-refractivity contribution in [1.82, 2.24) is 0 Å². The summed E-state index contributed by atoms with van der Waals surface area (Å²) in [5, 5.41) is 20.8. The van der Waals surface area contributed by atoms with E-state index in [4.69, 9.17) is 80.0 Å². The molecule has 3 aromatic rings. The molecule has 0 aliphatic heterocycles. The van der Waals surface area contributed by atoms with Crippen molar-refractivity contribution in [2.24, 2.45) is 0 Å². The molecule has 0 aliphatic rings. The number of aliphatic carboxylic acids is 1. The Hall–Kier alpha value is 0.280. The molecule has 0 amide bonds. The second kappa shape index (κ2) is 17.1. The van der Waals surface area contributed by atoms with Gasteiger partial charge in [-0.15, -0.1) is 0 Å². The number of carbonyl (C=O) groups is 1. The smallest absolute Gasteiger partial charge is 0.307 e. The highest BCUT2D eigenvalue weighted by molar-refractivity contribution is 9.11. The van der Waals surface area contributed by atoms with Crippen LogP contribution in [-0.2, 0) is 23.0 Å². The summed E-state index contributed by atoms with van der Waals surface area (Å²) in [6, 6.07) is 12.3. The normalized spacial score (nSPS) is 9.92. The molecule has 0 aromatic heterocycles. The van der Waals surface area contributed by atoms with Crippen molar-refractivity contribution in [2.45, 2.75) is 18.2 Å². The molecule has 0 aliphatic carbocycles. The van der Waals surface area contributed by atoms with Crippen LogP contribution in [0.25, 0.3) is 0 Å². The van der Waals surface area contributed by atoms with Gasteiger partial charge in [0.05, 0.1) is 18.9 Å². The largest absolute Gasteiger partial charge is 0.481 e. The van der Waals surface area contributed by atoms with Crippen molar-refractivity contribution >= 4 is 139 Å². The maximum atomic E-state index is 10.4. The van der Waals surface area contributed by atoms with E-state index in [0.29, 0.717) is 46.6 Å². The third-order valence-electron chi connectivity index (χ3n) is 4.03. The van der Waals surface area contributed by atoms with Crippen molar-refractivity contribution in [1.29, 1.82) is 5.26 Å². The van der Waals surface area contributed by atoms with Gasteiger partial charge in [0.1, 0.15) is 0 Å². The molecule has 0 heterocycles. The van der Waals surface area contributed by atoms with Crippen molar-refractivity contribution in [3.8, 4) is 6.07 Å². The predicted octanol–water partition coefficient (Wildman–Crippen LogP) is 11.9. The fourth-order valence-electron chi connectivity index (χ4n) is 2.41. The third-order valence-corrected chi connectivity index (χ3v) is 7.99. The summed E-state index contributed by atoms with van der Waals surface area (Å²) in [7, 11) is 0. The Bertz CT molecular complexity index is 1210. The molecule has 3 aromatic carbocycles.